The Balaban J connectivity index is -0.000000363. The van der Waals surface area contributed by atoms with E-state index in [9.17, 15) is 48.0 Å². The Morgan fingerprint density at radius 1 is 0.406 bits per heavy atom. The van der Waals surface area contributed by atoms with Crippen LogP contribution in [0.4, 0.5) is 0 Å². The maximum Gasteiger partial charge on any atom is 2.00 e. The summed E-state index contributed by atoms with van der Waals surface area (Å²) in [6, 6.07) is 13.6. The molecule has 0 aliphatic carbocycles. The summed E-state index contributed by atoms with van der Waals surface area (Å²) in [7, 11) is -1.22. The Kier molecular flexibility index (Phi) is 36.2. The summed E-state index contributed by atoms with van der Waals surface area (Å²) in [5.41, 5.74) is 7.08. The van der Waals surface area contributed by atoms with Gasteiger partial charge in [-0.25, -0.2) is 0 Å². The van der Waals surface area contributed by atoms with Crippen molar-refractivity contribution < 1.29 is 90.2 Å². The summed E-state index contributed by atoms with van der Waals surface area (Å²) < 4.78 is 19.1. The van der Waals surface area contributed by atoms with Gasteiger partial charge in [-0.3, -0.25) is 18.4 Å². The van der Waals surface area contributed by atoms with Gasteiger partial charge in [0.1, 0.15) is 0 Å². The van der Waals surface area contributed by atoms with E-state index < -0.39 is 45.5 Å². The van der Waals surface area contributed by atoms with Crippen molar-refractivity contribution >= 4 is 45.5 Å². The normalized spacial score (nSPS) is 10.1. The maximum atomic E-state index is 11.4. The number of carbonyl (C=O) groups excluding carboxylic acids is 4. The predicted octanol–water partition coefficient (Wildman–Crippen LogP) is 5.72. The molecule has 0 radical (unpaired) electrons. The van der Waals surface area contributed by atoms with Gasteiger partial charge in [0.05, 0.1) is 23.9 Å². The summed E-state index contributed by atoms with van der Waals surface area (Å²) in [5.74, 6) is -2.90. The van der Waals surface area contributed by atoms with Crippen LogP contribution < -0.4 is 20.4 Å². The number of benzene rings is 2. The maximum absolute atomic E-state index is 11.4. The number of aromatic carboxylic acids is 4. The van der Waals surface area contributed by atoms with Gasteiger partial charge in [-0.15, -0.1) is 0 Å². The molecule has 4 aromatic rings. The van der Waals surface area contributed by atoms with Crippen LogP contribution in [0, 0.1) is 0 Å². The van der Waals surface area contributed by atoms with E-state index >= 15 is 0 Å². The van der Waals surface area contributed by atoms with Crippen LogP contribution in [0.5, 0.6) is 0 Å². The summed E-state index contributed by atoms with van der Waals surface area (Å²) in [6.45, 7) is 24.7. The average Bonchev–Trinajstić information content (AvgIpc) is 3.17. The van der Waals surface area contributed by atoms with Gasteiger partial charge in [0.2, 0.25) is 0 Å². The molecule has 0 atom stereocenters. The van der Waals surface area contributed by atoms with E-state index in [2.05, 4.69) is 37.7 Å². The standard InChI is InChI=1S/2C16H24O2.2C6H5NO2.2C2H6OS.2Mo/c2*1-9(2)12-7-13(10(3)4)15(16(17)18)14(8-12)11(5)6;2*8-6(9)5-1-3-7-4-2-5;2*1-4(2)3;;/h2*7-11H,1-6H3,(H,17,18);2*1-4H,(H,8,9);2*1-2H3;;/q;;;;;;2*+2/p-4. The zero-order valence-electron chi connectivity index (χ0n) is 40.0. The van der Waals surface area contributed by atoms with Gasteiger partial charge in [0, 0.05) is 93.7 Å². The van der Waals surface area contributed by atoms with Crippen molar-refractivity contribution in [3.8, 4) is 0 Å². The molecule has 0 bridgehead atoms. The molecule has 2 aromatic carbocycles. The molecule has 2 heterocycles. The molecule has 0 spiro atoms. The fraction of sp³-hybridized carbons (Fsp3) is 0.458. The quantitative estimate of drug-likeness (QED) is 0.174. The molecule has 2 aromatic heterocycles. The summed E-state index contributed by atoms with van der Waals surface area (Å²) in [5, 5.41) is 43.0. The van der Waals surface area contributed by atoms with Gasteiger partial charge in [0.25, 0.3) is 0 Å². The molecule has 0 saturated carbocycles. The van der Waals surface area contributed by atoms with Gasteiger partial charge < -0.3 is 39.6 Å². The largest absolute Gasteiger partial charge is 2.00 e. The Morgan fingerprint density at radius 3 is 0.703 bits per heavy atom. The number of hydrogen-bond donors (Lipinski definition) is 0. The van der Waals surface area contributed by atoms with Crippen LogP contribution in [0.3, 0.4) is 0 Å². The van der Waals surface area contributed by atoms with Crippen LogP contribution >= 0.6 is 0 Å². The second-order valence-electron chi connectivity index (χ2n) is 16.2. The van der Waals surface area contributed by atoms with Gasteiger partial charge >= 0.3 is 42.1 Å². The SMILES string of the molecule is CC(C)c1cc(C(C)C)c(C(=O)[O-])c(C(C)C)c1.CC(C)c1cc(C(C)C)c(C(=O)[O-])c(C(C)C)c1.CS(C)=O.CS(C)=O.O=C([O-])c1ccncc1.O=C([O-])c1ccncc1.[Mo+2].[Mo+2]. The van der Waals surface area contributed by atoms with Crippen molar-refractivity contribution in [3.63, 3.8) is 0 Å². The van der Waals surface area contributed by atoms with Crippen LogP contribution in [-0.4, -0.2) is 67.3 Å². The van der Waals surface area contributed by atoms with Gasteiger partial charge in [-0.05, 0) is 93.2 Å². The van der Waals surface area contributed by atoms with Crippen LogP contribution in [0.1, 0.15) is 193 Å². The van der Waals surface area contributed by atoms with E-state index in [-0.39, 0.29) is 76.9 Å². The number of carbonyl (C=O) groups is 4. The van der Waals surface area contributed by atoms with E-state index in [1.807, 2.05) is 79.7 Å². The van der Waals surface area contributed by atoms with Crippen molar-refractivity contribution in [1.82, 2.24) is 9.97 Å². The van der Waals surface area contributed by atoms with Crippen molar-refractivity contribution in [2.24, 2.45) is 0 Å². The Morgan fingerprint density at radius 2 is 0.594 bits per heavy atom. The monoisotopic (exact) mass is 1090 g/mol. The molecular formula is C48H66Mo2N2O10S2. The van der Waals surface area contributed by atoms with Crippen molar-refractivity contribution in [2.45, 2.75) is 119 Å². The molecular weight excluding hydrogens is 1020 g/mol. The molecule has 12 nitrogen and oxygen atoms in total. The summed E-state index contributed by atoms with van der Waals surface area (Å²) in [4.78, 5) is 50.2. The minimum atomic E-state index is -1.17. The first kappa shape index (κ1) is 66.9. The number of carboxylic acid groups (broad SMARTS) is 4. The molecule has 0 N–H and O–H groups in total. The van der Waals surface area contributed by atoms with Crippen LogP contribution in [-0.2, 0) is 63.7 Å². The van der Waals surface area contributed by atoms with Crippen LogP contribution in [0.25, 0.3) is 0 Å². The number of carboxylic acids is 4. The van der Waals surface area contributed by atoms with E-state index in [1.54, 1.807) is 25.0 Å². The summed E-state index contributed by atoms with van der Waals surface area (Å²) in [6.07, 6.45) is 12.2. The van der Waals surface area contributed by atoms with E-state index in [1.165, 1.54) is 60.2 Å². The first-order valence-corrected chi connectivity index (χ1v) is 24.0. The van der Waals surface area contributed by atoms with Crippen LogP contribution in [0.15, 0.2) is 73.3 Å². The number of aromatic nitrogens is 2. The first-order valence-electron chi connectivity index (χ1n) is 20.1. The molecule has 352 valence electrons. The third-order valence-corrected chi connectivity index (χ3v) is 8.51. The molecule has 0 unspecified atom stereocenters. The number of pyridine rings is 2. The minimum Gasteiger partial charge on any atom is -0.545 e. The molecule has 0 amide bonds. The molecule has 4 rings (SSSR count). The number of hydrogen-bond acceptors (Lipinski definition) is 12. The molecule has 0 fully saturated rings. The first-order chi connectivity index (χ1) is 28.6. The zero-order chi connectivity index (χ0) is 48.6. The third-order valence-electron chi connectivity index (χ3n) is 8.51. The minimum absolute atomic E-state index is 0. The van der Waals surface area contributed by atoms with Crippen molar-refractivity contribution in [2.75, 3.05) is 25.0 Å². The smallest absolute Gasteiger partial charge is 0.545 e. The third kappa shape index (κ3) is 26.9. The van der Waals surface area contributed by atoms with Gasteiger partial charge in [-0.1, -0.05) is 107 Å². The van der Waals surface area contributed by atoms with Crippen molar-refractivity contribution in [1.29, 1.82) is 0 Å². The Labute approximate surface area is 415 Å². The molecule has 64 heavy (non-hydrogen) atoms. The zero-order valence-corrected chi connectivity index (χ0v) is 45.6. The Hall–Kier alpha value is -3.70. The summed E-state index contributed by atoms with van der Waals surface area (Å²) >= 11 is 0. The van der Waals surface area contributed by atoms with E-state index in [4.69, 9.17) is 0 Å². The van der Waals surface area contributed by atoms with Crippen LogP contribution in [0.2, 0.25) is 0 Å². The Bertz CT molecular complexity index is 1850. The molecule has 0 aliphatic heterocycles. The van der Waals surface area contributed by atoms with E-state index in [0.29, 0.717) is 23.0 Å². The fourth-order valence-electron chi connectivity index (χ4n) is 5.36. The molecule has 16 heteroatoms. The number of nitrogens with zero attached hydrogens (tertiary/aromatic N) is 2. The second kappa shape index (κ2) is 34.6. The predicted molar refractivity (Wildman–Crippen MR) is 243 cm³/mol. The number of rotatable bonds is 10. The fourth-order valence-corrected chi connectivity index (χ4v) is 5.36. The molecule has 0 aliphatic rings. The topological polar surface area (TPSA) is 220 Å². The van der Waals surface area contributed by atoms with Crippen molar-refractivity contribution in [3.05, 3.63) is 129 Å². The second-order valence-corrected chi connectivity index (χ2v) is 19.1. The van der Waals surface area contributed by atoms with Gasteiger partial charge in [-0.2, -0.15) is 0 Å². The van der Waals surface area contributed by atoms with Gasteiger partial charge in [0.15, 0.2) is 0 Å². The molecule has 0 saturated heterocycles. The van der Waals surface area contributed by atoms with E-state index in [0.717, 1.165) is 22.3 Å². The average molecular weight is 1090 g/mol.